The maximum absolute atomic E-state index is 14.1. The van der Waals surface area contributed by atoms with Gasteiger partial charge in [0.2, 0.25) is 12.3 Å². The highest BCUT2D eigenvalue weighted by Crippen LogP contribution is 2.26. The average molecular weight is 335 g/mol. The number of amides is 2. The lowest BCUT2D eigenvalue weighted by Crippen LogP contribution is -2.33. The number of nitrogens with zero attached hydrogens (tertiary/aromatic N) is 2. The van der Waals surface area contributed by atoms with E-state index in [1.807, 2.05) is 13.8 Å². The first kappa shape index (κ1) is 19.7. The maximum atomic E-state index is 14.1. The number of hydrogen-bond acceptors (Lipinski definition) is 3. The largest absolute Gasteiger partial charge is 0.374 e. The Kier molecular flexibility index (Phi) is 7.42. The molecule has 0 bridgehead atoms. The Morgan fingerprint density at radius 2 is 1.96 bits per heavy atom. The number of likely N-dealkylation sites (N-methyl/N-ethyl adjacent to an activating group) is 1. The molecule has 0 spiro atoms. The molecular formula is C18H26FN3O2. The van der Waals surface area contributed by atoms with Gasteiger partial charge < -0.3 is 10.2 Å². The second-order valence-electron chi connectivity index (χ2n) is 5.39. The van der Waals surface area contributed by atoms with E-state index in [0.29, 0.717) is 6.41 Å². The van der Waals surface area contributed by atoms with Crippen LogP contribution in [0.2, 0.25) is 0 Å². The Hall–Kier alpha value is -2.37. The molecule has 0 saturated heterocycles. The number of aryl methyl sites for hydroxylation is 1. The van der Waals surface area contributed by atoms with Gasteiger partial charge in [0.25, 0.3) is 0 Å². The summed E-state index contributed by atoms with van der Waals surface area (Å²) in [6.45, 7) is 5.76. The molecule has 0 unspecified atom stereocenters. The van der Waals surface area contributed by atoms with E-state index in [2.05, 4.69) is 5.32 Å². The van der Waals surface area contributed by atoms with Crippen molar-refractivity contribution in [2.45, 2.75) is 39.7 Å². The molecule has 1 aromatic rings. The summed E-state index contributed by atoms with van der Waals surface area (Å²) in [5, 5.41) is 2.78. The lowest BCUT2D eigenvalue weighted by Gasteiger charge is -2.22. The van der Waals surface area contributed by atoms with E-state index in [0.717, 1.165) is 23.3 Å². The molecule has 0 heterocycles. The fourth-order valence-corrected chi connectivity index (χ4v) is 2.17. The summed E-state index contributed by atoms with van der Waals surface area (Å²) in [4.78, 5) is 26.3. The molecule has 1 N–H and O–H groups in total. The van der Waals surface area contributed by atoms with Gasteiger partial charge in [-0.25, -0.2) is 4.39 Å². The molecule has 1 aromatic carbocycles. The zero-order valence-electron chi connectivity index (χ0n) is 15.0. The van der Waals surface area contributed by atoms with Gasteiger partial charge in [0.1, 0.15) is 11.6 Å². The first-order valence-electron chi connectivity index (χ1n) is 8.15. The van der Waals surface area contributed by atoms with E-state index in [-0.39, 0.29) is 23.5 Å². The molecule has 6 heteroatoms. The van der Waals surface area contributed by atoms with Crippen LogP contribution in [-0.2, 0) is 9.59 Å². The van der Waals surface area contributed by atoms with Crippen LogP contribution in [0.4, 0.5) is 10.1 Å². The van der Waals surface area contributed by atoms with Gasteiger partial charge in [-0.1, -0.05) is 19.9 Å². The molecule has 0 atom stereocenters. The van der Waals surface area contributed by atoms with Gasteiger partial charge in [0.15, 0.2) is 0 Å². The van der Waals surface area contributed by atoms with Crippen LogP contribution in [-0.4, -0.2) is 37.4 Å². The second-order valence-corrected chi connectivity index (χ2v) is 5.39. The van der Waals surface area contributed by atoms with Crippen LogP contribution in [0.5, 0.6) is 0 Å². The van der Waals surface area contributed by atoms with Crippen molar-refractivity contribution in [3.63, 3.8) is 0 Å². The van der Waals surface area contributed by atoms with Gasteiger partial charge in [0, 0.05) is 26.2 Å². The van der Waals surface area contributed by atoms with Gasteiger partial charge >= 0.3 is 0 Å². The predicted octanol–water partition coefficient (Wildman–Crippen LogP) is 2.80. The minimum Gasteiger partial charge on any atom is -0.374 e. The standard InChI is InChI=1S/C16H20FN3O2.C2H6/c1-11-4-7-14(13(17)8-11)20(10-21)15(18-2)9-16(22)19(3)12-5-6-12;1-2/h4,7-10,12,18H,5-6H2,1-3H3;1-2H3/b15-9-;. The van der Waals surface area contributed by atoms with E-state index in [9.17, 15) is 14.0 Å². The summed E-state index contributed by atoms with van der Waals surface area (Å²) in [5.74, 6) is -0.502. The number of rotatable bonds is 6. The maximum Gasteiger partial charge on any atom is 0.250 e. The summed E-state index contributed by atoms with van der Waals surface area (Å²) in [6.07, 6.45) is 3.79. The molecule has 132 valence electrons. The van der Waals surface area contributed by atoms with Crippen LogP contribution >= 0.6 is 0 Å². The Balaban J connectivity index is 0.00000139. The summed E-state index contributed by atoms with van der Waals surface area (Å²) in [5.41, 5.74) is 0.856. The zero-order chi connectivity index (χ0) is 18.3. The SMILES string of the molecule is CC.CN/C(=C/C(=O)N(C)C1CC1)N(C=O)c1ccc(C)cc1F. The summed E-state index contributed by atoms with van der Waals surface area (Å²) in [7, 11) is 3.31. The Labute approximate surface area is 143 Å². The predicted molar refractivity (Wildman–Crippen MR) is 94.0 cm³/mol. The summed E-state index contributed by atoms with van der Waals surface area (Å²) < 4.78 is 14.1. The van der Waals surface area contributed by atoms with E-state index in [1.54, 1.807) is 32.0 Å². The highest BCUT2D eigenvalue weighted by Gasteiger charge is 2.29. The van der Waals surface area contributed by atoms with E-state index >= 15 is 0 Å². The van der Waals surface area contributed by atoms with Crippen LogP contribution < -0.4 is 10.2 Å². The molecule has 2 amide bonds. The molecule has 0 radical (unpaired) electrons. The van der Waals surface area contributed by atoms with Gasteiger partial charge in [-0.2, -0.15) is 0 Å². The third-order valence-corrected chi connectivity index (χ3v) is 3.69. The van der Waals surface area contributed by atoms with E-state index < -0.39 is 5.82 Å². The highest BCUT2D eigenvalue weighted by molar-refractivity contribution is 5.91. The summed E-state index contributed by atoms with van der Waals surface area (Å²) in [6, 6.07) is 4.83. The lowest BCUT2D eigenvalue weighted by molar-refractivity contribution is -0.125. The normalized spacial score (nSPS) is 13.5. The average Bonchev–Trinajstić information content (AvgIpc) is 3.42. The van der Waals surface area contributed by atoms with Crippen molar-refractivity contribution in [2.24, 2.45) is 0 Å². The van der Waals surface area contributed by atoms with Gasteiger partial charge in [-0.05, 0) is 37.5 Å². The number of nitrogens with one attached hydrogen (secondary N) is 1. The number of carbonyl (C=O) groups is 2. The molecule has 5 nitrogen and oxygen atoms in total. The van der Waals surface area contributed by atoms with Gasteiger partial charge in [0.05, 0.1) is 5.69 Å². The van der Waals surface area contributed by atoms with Crippen molar-refractivity contribution in [1.29, 1.82) is 0 Å². The van der Waals surface area contributed by atoms with Crippen LogP contribution in [0, 0.1) is 12.7 Å². The van der Waals surface area contributed by atoms with Crippen LogP contribution in [0.25, 0.3) is 0 Å². The Morgan fingerprint density at radius 3 is 2.42 bits per heavy atom. The number of benzene rings is 1. The third-order valence-electron chi connectivity index (χ3n) is 3.69. The first-order valence-corrected chi connectivity index (χ1v) is 8.15. The molecular weight excluding hydrogens is 309 g/mol. The Bertz CT molecular complexity index is 612. The monoisotopic (exact) mass is 335 g/mol. The number of hydrogen-bond donors (Lipinski definition) is 1. The van der Waals surface area contributed by atoms with Crippen molar-refractivity contribution in [2.75, 3.05) is 19.0 Å². The molecule has 24 heavy (non-hydrogen) atoms. The fraction of sp³-hybridized carbons (Fsp3) is 0.444. The fourth-order valence-electron chi connectivity index (χ4n) is 2.17. The van der Waals surface area contributed by atoms with E-state index in [1.165, 1.54) is 18.2 Å². The van der Waals surface area contributed by atoms with Gasteiger partial charge in [-0.3, -0.25) is 14.5 Å². The minimum atomic E-state index is -0.517. The lowest BCUT2D eigenvalue weighted by atomic mass is 10.2. The van der Waals surface area contributed by atoms with Crippen LogP contribution in [0.3, 0.4) is 0 Å². The molecule has 0 aromatic heterocycles. The van der Waals surface area contributed by atoms with Crippen molar-refractivity contribution in [3.05, 3.63) is 41.5 Å². The second kappa shape index (κ2) is 9.05. The molecule has 1 fully saturated rings. The number of anilines is 1. The third kappa shape index (κ3) is 4.81. The number of carbonyl (C=O) groups excluding carboxylic acids is 2. The number of halogens is 1. The first-order chi connectivity index (χ1) is 11.5. The molecule has 0 aliphatic heterocycles. The smallest absolute Gasteiger partial charge is 0.250 e. The molecule has 1 aliphatic rings. The summed E-state index contributed by atoms with van der Waals surface area (Å²) >= 11 is 0. The van der Waals surface area contributed by atoms with Crippen LogP contribution in [0.15, 0.2) is 30.1 Å². The van der Waals surface area contributed by atoms with E-state index in [4.69, 9.17) is 0 Å². The minimum absolute atomic E-state index is 0.100. The van der Waals surface area contributed by atoms with Crippen molar-refractivity contribution in [3.8, 4) is 0 Å². The topological polar surface area (TPSA) is 52.7 Å². The quantitative estimate of drug-likeness (QED) is 0.642. The molecule has 1 aliphatic carbocycles. The molecule has 2 rings (SSSR count). The van der Waals surface area contributed by atoms with Gasteiger partial charge in [-0.15, -0.1) is 0 Å². The van der Waals surface area contributed by atoms with Crippen molar-refractivity contribution < 1.29 is 14.0 Å². The van der Waals surface area contributed by atoms with Crippen molar-refractivity contribution >= 4 is 18.0 Å². The zero-order valence-corrected chi connectivity index (χ0v) is 15.0. The Morgan fingerprint density at radius 1 is 1.33 bits per heavy atom. The van der Waals surface area contributed by atoms with Crippen LogP contribution in [0.1, 0.15) is 32.3 Å². The molecule has 1 saturated carbocycles. The van der Waals surface area contributed by atoms with Crippen molar-refractivity contribution in [1.82, 2.24) is 10.2 Å². The highest BCUT2D eigenvalue weighted by atomic mass is 19.1.